The maximum absolute atomic E-state index is 12.8. The average molecular weight is 253 g/mol. The van der Waals surface area contributed by atoms with E-state index in [1.165, 1.54) is 29.2 Å². The van der Waals surface area contributed by atoms with Gasteiger partial charge in [-0.05, 0) is 17.7 Å². The Morgan fingerprint density at radius 1 is 1.33 bits per heavy atom. The van der Waals surface area contributed by atoms with Gasteiger partial charge >= 0.3 is 0 Å². The first-order valence-corrected chi connectivity index (χ1v) is 5.91. The summed E-state index contributed by atoms with van der Waals surface area (Å²) in [7, 11) is 1.65. The van der Waals surface area contributed by atoms with Crippen molar-refractivity contribution in [1.82, 2.24) is 4.90 Å². The molecule has 100 valence electrons. The molecule has 1 aromatic carbocycles. The number of aliphatic hydroxyl groups is 1. The van der Waals surface area contributed by atoms with Crippen molar-refractivity contribution in [2.45, 2.75) is 26.9 Å². The van der Waals surface area contributed by atoms with Gasteiger partial charge in [-0.1, -0.05) is 32.9 Å². The number of nitrogens with zero attached hydrogens (tertiary/aromatic N) is 1. The molecule has 0 saturated carbocycles. The Labute approximate surface area is 107 Å². The van der Waals surface area contributed by atoms with Gasteiger partial charge in [-0.25, -0.2) is 4.39 Å². The topological polar surface area (TPSA) is 40.5 Å². The van der Waals surface area contributed by atoms with Gasteiger partial charge in [0.15, 0.2) is 0 Å². The Hall–Kier alpha value is -1.42. The number of halogens is 1. The maximum Gasteiger partial charge on any atom is 0.227 e. The second kappa shape index (κ2) is 5.48. The first-order chi connectivity index (χ1) is 8.21. The molecule has 1 rings (SSSR count). The van der Waals surface area contributed by atoms with Crippen LogP contribution in [0.5, 0.6) is 0 Å². The number of hydrogen-bond donors (Lipinski definition) is 1. The zero-order chi connectivity index (χ0) is 13.9. The van der Waals surface area contributed by atoms with E-state index in [-0.39, 0.29) is 18.3 Å². The van der Waals surface area contributed by atoms with Crippen molar-refractivity contribution in [3.8, 4) is 0 Å². The van der Waals surface area contributed by atoms with Gasteiger partial charge in [-0.15, -0.1) is 0 Å². The Kier molecular flexibility index (Phi) is 4.46. The standard InChI is InChI=1S/C14H20FNO2/c1-14(2,3)13(18)16(4)9-12(17)10-5-7-11(15)8-6-10/h5-8,12,17H,9H2,1-4H3/t12-/m1/s1. The number of aliphatic hydroxyl groups excluding tert-OH is 1. The summed E-state index contributed by atoms with van der Waals surface area (Å²) in [5, 5.41) is 9.98. The molecule has 18 heavy (non-hydrogen) atoms. The van der Waals surface area contributed by atoms with E-state index in [1.807, 2.05) is 20.8 Å². The minimum atomic E-state index is -0.804. The van der Waals surface area contributed by atoms with E-state index < -0.39 is 11.5 Å². The molecule has 1 aromatic rings. The minimum absolute atomic E-state index is 0.0383. The summed E-state index contributed by atoms with van der Waals surface area (Å²) in [5.74, 6) is -0.381. The van der Waals surface area contributed by atoms with E-state index in [1.54, 1.807) is 7.05 Å². The number of hydrogen-bond acceptors (Lipinski definition) is 2. The van der Waals surface area contributed by atoms with Crippen LogP contribution in [0.4, 0.5) is 4.39 Å². The zero-order valence-corrected chi connectivity index (χ0v) is 11.3. The van der Waals surface area contributed by atoms with Crippen molar-refractivity contribution in [2.24, 2.45) is 5.41 Å². The fourth-order valence-corrected chi connectivity index (χ4v) is 1.71. The van der Waals surface area contributed by atoms with Gasteiger partial charge in [-0.2, -0.15) is 0 Å². The SMILES string of the molecule is CN(C[C@@H](O)c1ccc(F)cc1)C(=O)C(C)(C)C. The van der Waals surface area contributed by atoms with Crippen molar-refractivity contribution in [3.05, 3.63) is 35.6 Å². The molecule has 0 aliphatic rings. The molecule has 0 unspecified atom stereocenters. The molecular formula is C14H20FNO2. The maximum atomic E-state index is 12.8. The van der Waals surface area contributed by atoms with Crippen LogP contribution in [0.2, 0.25) is 0 Å². The monoisotopic (exact) mass is 253 g/mol. The number of likely N-dealkylation sites (N-methyl/N-ethyl adjacent to an activating group) is 1. The molecule has 3 nitrogen and oxygen atoms in total. The summed E-state index contributed by atoms with van der Waals surface area (Å²) in [6.45, 7) is 5.68. The lowest BCUT2D eigenvalue weighted by molar-refractivity contribution is -0.139. The normalized spacial score (nSPS) is 13.2. The molecule has 0 saturated heterocycles. The molecule has 0 aliphatic carbocycles. The predicted octanol–water partition coefficient (Wildman–Crippen LogP) is 2.36. The summed E-state index contributed by atoms with van der Waals surface area (Å²) < 4.78 is 12.8. The summed E-state index contributed by atoms with van der Waals surface area (Å²) in [4.78, 5) is 13.4. The number of carbonyl (C=O) groups is 1. The quantitative estimate of drug-likeness (QED) is 0.898. The van der Waals surface area contributed by atoms with Crippen LogP contribution >= 0.6 is 0 Å². The third-order valence-electron chi connectivity index (χ3n) is 2.69. The third-order valence-corrected chi connectivity index (χ3v) is 2.69. The van der Waals surface area contributed by atoms with Crippen LogP contribution in [0.15, 0.2) is 24.3 Å². The summed E-state index contributed by atoms with van der Waals surface area (Å²) in [5.41, 5.74) is 0.127. The number of rotatable bonds is 3. The Morgan fingerprint density at radius 2 is 1.83 bits per heavy atom. The fraction of sp³-hybridized carbons (Fsp3) is 0.500. The molecule has 0 aliphatic heterocycles. The molecule has 0 heterocycles. The third kappa shape index (κ3) is 3.81. The van der Waals surface area contributed by atoms with Crippen LogP contribution in [0.3, 0.4) is 0 Å². The predicted molar refractivity (Wildman–Crippen MR) is 68.5 cm³/mol. The zero-order valence-electron chi connectivity index (χ0n) is 11.3. The van der Waals surface area contributed by atoms with E-state index in [0.717, 1.165) is 0 Å². The van der Waals surface area contributed by atoms with Gasteiger partial charge in [0.05, 0.1) is 12.6 Å². The summed E-state index contributed by atoms with van der Waals surface area (Å²) in [6.07, 6.45) is -0.804. The molecule has 0 aromatic heterocycles. The molecule has 0 bridgehead atoms. The Balaban J connectivity index is 2.68. The van der Waals surface area contributed by atoms with E-state index in [0.29, 0.717) is 5.56 Å². The first-order valence-electron chi connectivity index (χ1n) is 5.91. The van der Waals surface area contributed by atoms with E-state index >= 15 is 0 Å². The highest BCUT2D eigenvalue weighted by Gasteiger charge is 2.26. The first kappa shape index (κ1) is 14.6. The van der Waals surface area contributed by atoms with Gasteiger partial charge in [0.25, 0.3) is 0 Å². The van der Waals surface area contributed by atoms with Crippen LogP contribution in [0, 0.1) is 11.2 Å². The number of carbonyl (C=O) groups excluding carboxylic acids is 1. The van der Waals surface area contributed by atoms with Crippen LogP contribution in [-0.2, 0) is 4.79 Å². The second-order valence-electron chi connectivity index (χ2n) is 5.50. The highest BCUT2D eigenvalue weighted by molar-refractivity contribution is 5.81. The lowest BCUT2D eigenvalue weighted by atomic mass is 9.94. The van der Waals surface area contributed by atoms with Crippen LogP contribution in [0.1, 0.15) is 32.4 Å². The molecule has 4 heteroatoms. The van der Waals surface area contributed by atoms with Crippen molar-refractivity contribution in [1.29, 1.82) is 0 Å². The van der Waals surface area contributed by atoms with Crippen LogP contribution in [0.25, 0.3) is 0 Å². The summed E-state index contributed by atoms with van der Waals surface area (Å²) >= 11 is 0. The van der Waals surface area contributed by atoms with Crippen molar-refractivity contribution < 1.29 is 14.3 Å². The second-order valence-corrected chi connectivity index (χ2v) is 5.50. The van der Waals surface area contributed by atoms with E-state index in [9.17, 15) is 14.3 Å². The lowest BCUT2D eigenvalue weighted by Gasteiger charge is -2.27. The van der Waals surface area contributed by atoms with Crippen LogP contribution in [-0.4, -0.2) is 29.5 Å². The summed E-state index contributed by atoms with van der Waals surface area (Å²) in [6, 6.07) is 5.64. The Morgan fingerprint density at radius 3 is 2.28 bits per heavy atom. The molecular weight excluding hydrogens is 233 g/mol. The minimum Gasteiger partial charge on any atom is -0.387 e. The molecule has 0 spiro atoms. The van der Waals surface area contributed by atoms with E-state index in [2.05, 4.69) is 0 Å². The number of benzene rings is 1. The number of amides is 1. The molecule has 1 N–H and O–H groups in total. The van der Waals surface area contributed by atoms with Crippen molar-refractivity contribution in [2.75, 3.05) is 13.6 Å². The van der Waals surface area contributed by atoms with Crippen molar-refractivity contribution >= 4 is 5.91 Å². The van der Waals surface area contributed by atoms with Gasteiger partial charge in [0.2, 0.25) is 5.91 Å². The smallest absolute Gasteiger partial charge is 0.227 e. The molecule has 0 radical (unpaired) electrons. The van der Waals surface area contributed by atoms with Crippen molar-refractivity contribution in [3.63, 3.8) is 0 Å². The fourth-order valence-electron chi connectivity index (χ4n) is 1.71. The van der Waals surface area contributed by atoms with Gasteiger partial charge < -0.3 is 10.0 Å². The largest absolute Gasteiger partial charge is 0.387 e. The van der Waals surface area contributed by atoms with Crippen LogP contribution < -0.4 is 0 Å². The van der Waals surface area contributed by atoms with Gasteiger partial charge in [0.1, 0.15) is 5.82 Å². The average Bonchev–Trinajstić information content (AvgIpc) is 2.27. The molecule has 0 fully saturated rings. The lowest BCUT2D eigenvalue weighted by Crippen LogP contribution is -2.38. The molecule has 1 amide bonds. The van der Waals surface area contributed by atoms with Gasteiger partial charge in [-0.3, -0.25) is 4.79 Å². The Bertz CT molecular complexity index is 409. The van der Waals surface area contributed by atoms with Gasteiger partial charge in [0, 0.05) is 12.5 Å². The highest BCUT2D eigenvalue weighted by atomic mass is 19.1. The van der Waals surface area contributed by atoms with E-state index in [4.69, 9.17) is 0 Å². The molecule has 1 atom stereocenters. The highest BCUT2D eigenvalue weighted by Crippen LogP contribution is 2.19.